The number of allylic oxidation sites excluding steroid dienone is 2. The first-order valence-corrected chi connectivity index (χ1v) is 10.9. The predicted octanol–water partition coefficient (Wildman–Crippen LogP) is 4.90. The van der Waals surface area contributed by atoms with Crippen molar-refractivity contribution in [2.75, 3.05) is 0 Å². The lowest BCUT2D eigenvalue weighted by molar-refractivity contribution is -0.145. The van der Waals surface area contributed by atoms with Crippen molar-refractivity contribution in [1.29, 1.82) is 5.26 Å². The first kappa shape index (κ1) is 21.7. The molecule has 0 radical (unpaired) electrons. The molecule has 0 bridgehead atoms. The van der Waals surface area contributed by atoms with Crippen molar-refractivity contribution in [2.24, 2.45) is 28.6 Å². The van der Waals surface area contributed by atoms with Gasteiger partial charge >= 0.3 is 5.97 Å². The van der Waals surface area contributed by atoms with Crippen LogP contribution in [0.4, 0.5) is 0 Å². The molecular weight excluding hydrogens is 366 g/mol. The number of nitrogens with zero attached hydrogens (tertiary/aromatic N) is 1. The molecule has 1 unspecified atom stereocenters. The highest BCUT2D eigenvalue weighted by molar-refractivity contribution is 5.87. The summed E-state index contributed by atoms with van der Waals surface area (Å²) in [5.41, 5.74) is 0.838. The molecule has 0 aromatic heterocycles. The maximum Gasteiger partial charge on any atom is 0.307 e. The minimum atomic E-state index is -0.466. The lowest BCUT2D eigenvalue weighted by atomic mass is 9.49. The highest BCUT2D eigenvalue weighted by Gasteiger charge is 2.58. The van der Waals surface area contributed by atoms with Crippen molar-refractivity contribution < 1.29 is 19.1 Å². The predicted molar refractivity (Wildman–Crippen MR) is 108 cm³/mol. The summed E-state index contributed by atoms with van der Waals surface area (Å²) in [6, 6.07) is 1.92. The van der Waals surface area contributed by atoms with Gasteiger partial charge < -0.3 is 4.74 Å². The summed E-state index contributed by atoms with van der Waals surface area (Å²) in [6.07, 6.45) is 6.29. The van der Waals surface area contributed by atoms with Crippen LogP contribution in [0, 0.1) is 39.9 Å². The van der Waals surface area contributed by atoms with Crippen molar-refractivity contribution >= 4 is 17.5 Å². The Balaban J connectivity index is 1.84. The molecule has 5 atom stereocenters. The maximum absolute atomic E-state index is 13.0. The first-order valence-electron chi connectivity index (χ1n) is 10.9. The fourth-order valence-electron chi connectivity index (χ4n) is 6.84. The largest absolute Gasteiger partial charge is 0.432 e. The molecule has 5 nitrogen and oxygen atoms in total. The number of hydrogen-bond donors (Lipinski definition) is 0. The van der Waals surface area contributed by atoms with Gasteiger partial charge in [-0.25, -0.2) is 0 Å². The van der Waals surface area contributed by atoms with E-state index in [0.717, 1.165) is 37.9 Å². The zero-order valence-corrected chi connectivity index (χ0v) is 18.2. The Morgan fingerprint density at radius 1 is 1.14 bits per heavy atom. The molecular formula is C24H33NO4. The van der Waals surface area contributed by atoms with Crippen molar-refractivity contribution in [1.82, 2.24) is 0 Å². The summed E-state index contributed by atoms with van der Waals surface area (Å²) in [5, 5.41) is 8.76. The van der Waals surface area contributed by atoms with Crippen molar-refractivity contribution in [3.8, 4) is 6.07 Å². The number of carbonyl (C=O) groups excluding carboxylic acids is 3. The van der Waals surface area contributed by atoms with Gasteiger partial charge in [-0.1, -0.05) is 13.8 Å². The number of fused-ring (bicyclic) bond motifs is 3. The molecule has 3 fully saturated rings. The molecule has 0 N–H and O–H groups in total. The van der Waals surface area contributed by atoms with Crippen LogP contribution < -0.4 is 0 Å². The molecule has 0 aliphatic heterocycles. The molecule has 0 amide bonds. The molecule has 158 valence electrons. The van der Waals surface area contributed by atoms with Crippen molar-refractivity contribution in [3.63, 3.8) is 0 Å². The zero-order valence-electron chi connectivity index (χ0n) is 18.2. The van der Waals surface area contributed by atoms with Gasteiger partial charge in [-0.05, 0) is 74.2 Å². The van der Waals surface area contributed by atoms with E-state index in [2.05, 4.69) is 13.8 Å². The average molecular weight is 400 g/mol. The molecule has 0 aromatic carbocycles. The van der Waals surface area contributed by atoms with Crippen LogP contribution in [-0.4, -0.2) is 17.5 Å². The van der Waals surface area contributed by atoms with Gasteiger partial charge in [0.25, 0.3) is 0 Å². The summed E-state index contributed by atoms with van der Waals surface area (Å²) in [7, 11) is 0. The Morgan fingerprint density at radius 3 is 2.52 bits per heavy atom. The molecule has 5 heteroatoms. The summed E-state index contributed by atoms with van der Waals surface area (Å²) >= 11 is 0. The van der Waals surface area contributed by atoms with Gasteiger partial charge in [0.05, 0.1) is 12.5 Å². The molecule has 3 saturated carbocycles. The van der Waals surface area contributed by atoms with Crippen LogP contribution in [0.2, 0.25) is 0 Å². The number of esters is 1. The van der Waals surface area contributed by atoms with E-state index in [-0.39, 0.29) is 29.4 Å². The minimum Gasteiger partial charge on any atom is -0.432 e. The Kier molecular flexibility index (Phi) is 6.03. The van der Waals surface area contributed by atoms with Crippen LogP contribution in [0.5, 0.6) is 0 Å². The van der Waals surface area contributed by atoms with Crippen molar-refractivity contribution in [2.45, 2.75) is 85.5 Å². The molecule has 0 aromatic rings. The van der Waals surface area contributed by atoms with E-state index in [4.69, 9.17) is 10.00 Å². The maximum atomic E-state index is 13.0. The van der Waals surface area contributed by atoms with E-state index in [1.807, 2.05) is 13.0 Å². The normalized spacial score (nSPS) is 37.9. The third-order valence-electron chi connectivity index (χ3n) is 8.30. The number of ether oxygens (including phenoxy) is 1. The standard InChI is InChI=1S/C24H33NO4/c1-15(29-16(2)26)19-6-7-20-18-5-8-22(28)24(4,12-9-17(27)11-14-25)21(18)10-13-23(19,20)3/h18,20-21H,5-13H2,1-4H3/b19-15+/t18?,20-,21-,23+,24+/m0/s1. The first-order chi connectivity index (χ1) is 13.6. The molecule has 3 aliphatic carbocycles. The van der Waals surface area contributed by atoms with E-state index >= 15 is 0 Å². The van der Waals surface area contributed by atoms with Gasteiger partial charge in [-0.2, -0.15) is 5.26 Å². The Bertz CT molecular complexity index is 791. The van der Waals surface area contributed by atoms with E-state index < -0.39 is 5.41 Å². The topological polar surface area (TPSA) is 84.2 Å². The molecule has 3 rings (SSSR count). The summed E-state index contributed by atoms with van der Waals surface area (Å²) in [4.78, 5) is 36.4. The molecule has 29 heavy (non-hydrogen) atoms. The van der Waals surface area contributed by atoms with Crippen LogP contribution in [-0.2, 0) is 19.1 Å². The van der Waals surface area contributed by atoms with Crippen LogP contribution in [0.15, 0.2) is 11.3 Å². The van der Waals surface area contributed by atoms with E-state index in [1.165, 1.54) is 12.5 Å². The Hall–Kier alpha value is -1.96. The SMILES string of the molecule is CC(=O)O/C(C)=C1\CC[C@H]2C3CCC(=O)[C@](C)(CCC(=O)CC#N)[C@H]3CC[C@]12C. The Morgan fingerprint density at radius 2 is 1.86 bits per heavy atom. The molecule has 0 spiro atoms. The molecule has 3 aliphatic rings. The number of Topliss-reactive ketones (excluding diaryl/α,β-unsaturated/α-hetero) is 2. The molecule has 0 heterocycles. The third-order valence-corrected chi connectivity index (χ3v) is 8.30. The fourth-order valence-corrected chi connectivity index (χ4v) is 6.84. The van der Waals surface area contributed by atoms with Gasteiger partial charge in [0, 0.05) is 25.2 Å². The highest BCUT2D eigenvalue weighted by Crippen LogP contribution is 2.64. The van der Waals surface area contributed by atoms with Crippen LogP contribution in [0.3, 0.4) is 0 Å². The van der Waals surface area contributed by atoms with Gasteiger partial charge in [-0.3, -0.25) is 14.4 Å². The average Bonchev–Trinajstić information content (AvgIpc) is 3.00. The lowest BCUT2D eigenvalue weighted by Crippen LogP contribution is -2.51. The second-order valence-electron chi connectivity index (χ2n) is 9.75. The lowest BCUT2D eigenvalue weighted by Gasteiger charge is -2.55. The smallest absolute Gasteiger partial charge is 0.307 e. The van der Waals surface area contributed by atoms with Gasteiger partial charge in [0.1, 0.15) is 17.3 Å². The van der Waals surface area contributed by atoms with Crippen molar-refractivity contribution in [3.05, 3.63) is 11.3 Å². The number of carbonyl (C=O) groups is 3. The number of rotatable bonds is 5. The summed E-state index contributed by atoms with van der Waals surface area (Å²) < 4.78 is 5.45. The van der Waals surface area contributed by atoms with E-state index in [9.17, 15) is 14.4 Å². The van der Waals surface area contributed by atoms with Crippen LogP contribution >= 0.6 is 0 Å². The Labute approximate surface area is 173 Å². The second kappa shape index (κ2) is 8.05. The molecule has 0 saturated heterocycles. The van der Waals surface area contributed by atoms with Gasteiger partial charge in [0.15, 0.2) is 0 Å². The number of hydrogen-bond acceptors (Lipinski definition) is 5. The minimum absolute atomic E-state index is 0.0264. The van der Waals surface area contributed by atoms with E-state index in [1.54, 1.807) is 0 Å². The van der Waals surface area contributed by atoms with Gasteiger partial charge in [-0.15, -0.1) is 0 Å². The van der Waals surface area contributed by atoms with Crippen LogP contribution in [0.1, 0.15) is 85.5 Å². The van der Waals surface area contributed by atoms with Crippen LogP contribution in [0.25, 0.3) is 0 Å². The number of ketones is 2. The zero-order chi connectivity index (χ0) is 21.4. The monoisotopic (exact) mass is 399 g/mol. The number of nitriles is 1. The van der Waals surface area contributed by atoms with Gasteiger partial charge in [0.2, 0.25) is 0 Å². The van der Waals surface area contributed by atoms with E-state index in [0.29, 0.717) is 37.0 Å². The fraction of sp³-hybridized carbons (Fsp3) is 0.750. The summed E-state index contributed by atoms with van der Waals surface area (Å²) in [6.45, 7) is 7.73. The second-order valence-corrected chi connectivity index (χ2v) is 9.75. The third kappa shape index (κ3) is 3.79. The quantitative estimate of drug-likeness (QED) is 0.485. The highest BCUT2D eigenvalue weighted by atomic mass is 16.5. The summed E-state index contributed by atoms with van der Waals surface area (Å²) in [5.74, 6) is 1.97.